The van der Waals surface area contributed by atoms with Crippen LogP contribution in [0.25, 0.3) is 22.3 Å². The summed E-state index contributed by atoms with van der Waals surface area (Å²) in [5.41, 5.74) is 26.9. The van der Waals surface area contributed by atoms with E-state index < -0.39 is 0 Å². The van der Waals surface area contributed by atoms with Gasteiger partial charge in [0, 0.05) is 6.54 Å². The number of nitrogens with two attached hydrogens (primary N) is 2. The lowest BCUT2D eigenvalue weighted by molar-refractivity contribution is 0.862. The molecule has 0 saturated carbocycles. The maximum absolute atomic E-state index is 6.61. The predicted octanol–water partition coefficient (Wildman–Crippen LogP) is 13.4. The Morgan fingerprint density at radius 3 is 1.50 bits per heavy atom. The summed E-state index contributed by atoms with van der Waals surface area (Å²) in [5, 5.41) is 11.0. The van der Waals surface area contributed by atoms with Gasteiger partial charge in [0.1, 0.15) is 0 Å². The zero-order chi connectivity index (χ0) is 41.7. The van der Waals surface area contributed by atoms with E-state index in [-0.39, 0.29) is 6.04 Å². The third kappa shape index (κ3) is 17.7. The van der Waals surface area contributed by atoms with Gasteiger partial charge in [0.05, 0.1) is 6.04 Å². The van der Waals surface area contributed by atoms with Gasteiger partial charge in [0.15, 0.2) is 0 Å². The van der Waals surface area contributed by atoms with Crippen LogP contribution < -0.4 is 11.5 Å². The van der Waals surface area contributed by atoms with Crippen molar-refractivity contribution in [1.29, 1.82) is 10.8 Å². The first-order chi connectivity index (χ1) is 27.1. The summed E-state index contributed by atoms with van der Waals surface area (Å²) in [4.78, 5) is 0. The quantitative estimate of drug-likeness (QED) is 0.0967. The number of allylic oxidation sites excluding steroid dienone is 5. The Hall–Kier alpha value is -6.20. The lowest BCUT2D eigenvalue weighted by Crippen LogP contribution is -2.13. The largest absolute Gasteiger partial charge is 0.326 e. The minimum Gasteiger partial charge on any atom is -0.326 e. The van der Waals surface area contributed by atoms with E-state index in [9.17, 15) is 0 Å². The molecule has 0 aliphatic heterocycles. The highest BCUT2D eigenvalue weighted by Crippen LogP contribution is 2.30. The van der Waals surface area contributed by atoms with Crippen molar-refractivity contribution in [3.63, 3.8) is 0 Å². The molecule has 0 aromatic heterocycles. The molecule has 1 unspecified atom stereocenters. The summed E-state index contributed by atoms with van der Waals surface area (Å²) in [5.74, 6) is 0. The maximum atomic E-state index is 6.61. The number of aryl methyl sites for hydroxylation is 4. The molecule has 4 nitrogen and oxygen atoms in total. The van der Waals surface area contributed by atoms with Crippen molar-refractivity contribution in [3.8, 4) is 22.3 Å². The Kier molecular flexibility index (Phi) is 24.1. The Balaban J connectivity index is 0.000000470. The van der Waals surface area contributed by atoms with Crippen molar-refractivity contribution >= 4 is 13.4 Å². The number of hydrogen-bond acceptors (Lipinski definition) is 4. The van der Waals surface area contributed by atoms with Gasteiger partial charge in [-0.2, -0.15) is 0 Å². The Morgan fingerprint density at radius 2 is 1.04 bits per heavy atom. The summed E-state index contributed by atoms with van der Waals surface area (Å²) in [7, 11) is 0. The summed E-state index contributed by atoms with van der Waals surface area (Å²) in [6.45, 7) is 21.6. The van der Waals surface area contributed by atoms with E-state index in [1.165, 1.54) is 44.5 Å². The van der Waals surface area contributed by atoms with Crippen molar-refractivity contribution in [2.24, 2.45) is 11.5 Å². The van der Waals surface area contributed by atoms with Crippen LogP contribution in [0.15, 0.2) is 188 Å². The van der Waals surface area contributed by atoms with Crippen LogP contribution in [-0.2, 0) is 6.54 Å². The second-order valence-corrected chi connectivity index (χ2v) is 12.9. The van der Waals surface area contributed by atoms with Crippen molar-refractivity contribution in [1.82, 2.24) is 0 Å². The third-order valence-electron chi connectivity index (χ3n) is 8.51. The van der Waals surface area contributed by atoms with Gasteiger partial charge in [-0.1, -0.05) is 175 Å². The van der Waals surface area contributed by atoms with Gasteiger partial charge >= 0.3 is 0 Å². The van der Waals surface area contributed by atoms with Crippen LogP contribution in [0.5, 0.6) is 0 Å². The first-order valence-electron chi connectivity index (χ1n) is 18.6. The van der Waals surface area contributed by atoms with E-state index in [1.54, 1.807) is 0 Å². The summed E-state index contributed by atoms with van der Waals surface area (Å²) in [6, 6.07) is 52.4. The average molecular weight is 743 g/mol. The number of hydrogen-bond donors (Lipinski definition) is 4. The Labute approximate surface area is 338 Å². The Bertz CT molecular complexity index is 2040. The topological polar surface area (TPSA) is 99.7 Å². The van der Waals surface area contributed by atoms with E-state index in [2.05, 4.69) is 169 Å². The highest BCUT2D eigenvalue weighted by Gasteiger charge is 2.12. The van der Waals surface area contributed by atoms with Gasteiger partial charge in [-0.25, -0.2) is 0 Å². The minimum atomic E-state index is -0.138. The van der Waals surface area contributed by atoms with Crippen molar-refractivity contribution in [3.05, 3.63) is 227 Å². The monoisotopic (exact) mass is 742 g/mol. The van der Waals surface area contributed by atoms with E-state index in [4.69, 9.17) is 22.3 Å². The van der Waals surface area contributed by atoms with Crippen LogP contribution in [0.2, 0.25) is 0 Å². The molecule has 0 saturated heterocycles. The van der Waals surface area contributed by atoms with E-state index in [0.29, 0.717) is 6.54 Å². The first-order valence-corrected chi connectivity index (χ1v) is 18.6. The lowest BCUT2D eigenvalue weighted by atomic mass is 9.92. The first kappa shape index (κ1) is 47.8. The number of rotatable bonds is 7. The van der Waals surface area contributed by atoms with Gasteiger partial charge in [-0.05, 0) is 129 Å². The van der Waals surface area contributed by atoms with Gasteiger partial charge in [-0.3, -0.25) is 0 Å². The molecule has 0 fully saturated rings. The molecular weight excluding hydrogens is 681 g/mol. The number of nitrogens with one attached hydrogen (secondary N) is 2. The molecule has 6 aromatic rings. The molecule has 4 heteroatoms. The van der Waals surface area contributed by atoms with Gasteiger partial charge in [0.25, 0.3) is 0 Å². The van der Waals surface area contributed by atoms with Crippen molar-refractivity contribution in [2.75, 3.05) is 0 Å². The van der Waals surface area contributed by atoms with Crippen LogP contribution in [0.1, 0.15) is 58.8 Å². The molecular formula is C52H62N4. The highest BCUT2D eigenvalue weighted by molar-refractivity contribution is 5.73. The van der Waals surface area contributed by atoms with Crippen molar-refractivity contribution in [2.45, 2.75) is 54.1 Å². The molecule has 1 atom stereocenters. The van der Waals surface area contributed by atoms with Crippen molar-refractivity contribution < 1.29 is 0 Å². The third-order valence-corrected chi connectivity index (χ3v) is 8.51. The fourth-order valence-electron chi connectivity index (χ4n) is 5.31. The van der Waals surface area contributed by atoms with Crippen LogP contribution in [0, 0.1) is 38.5 Å². The molecule has 0 bridgehead atoms. The van der Waals surface area contributed by atoms with E-state index in [1.807, 2.05) is 68.5 Å². The molecule has 0 spiro atoms. The maximum Gasteiger partial charge on any atom is 0.0554 e. The summed E-state index contributed by atoms with van der Waals surface area (Å²) < 4.78 is 0. The summed E-state index contributed by atoms with van der Waals surface area (Å²) >= 11 is 0. The average Bonchev–Trinajstić information content (AvgIpc) is 3.24. The molecule has 56 heavy (non-hydrogen) atoms. The summed E-state index contributed by atoms with van der Waals surface area (Å²) in [6.07, 6.45) is 7.91. The zero-order valence-electron chi connectivity index (χ0n) is 34.3. The number of benzene rings is 6. The molecule has 290 valence electrons. The molecule has 6 N–H and O–H groups in total. The normalized spacial score (nSPS) is 10.4. The SMILES string of the molecule is C=C(C)/C=C\C=C/C.C=N.C=N.Cc1ccccc1.Cc1ccccc1C.Cc1ccccc1C(N)c1cccc(-c2cccc(-c3cccc(CN)c3)c2)c1. The minimum absolute atomic E-state index is 0.138. The van der Waals surface area contributed by atoms with Crippen LogP contribution in [0.3, 0.4) is 0 Å². The molecule has 0 aliphatic carbocycles. The van der Waals surface area contributed by atoms with E-state index in [0.717, 1.165) is 22.3 Å². The zero-order valence-corrected chi connectivity index (χ0v) is 34.3. The predicted molar refractivity (Wildman–Crippen MR) is 248 cm³/mol. The van der Waals surface area contributed by atoms with Crippen LogP contribution in [0.4, 0.5) is 0 Å². The fraction of sp³-hybridized carbons (Fsp3) is 0.154. The van der Waals surface area contributed by atoms with Crippen LogP contribution >= 0.6 is 0 Å². The molecule has 0 heterocycles. The standard InChI is InChI=1S/C27H26N2.C8H10.C8H12.C7H8.2CH3N/c1-19-7-2-3-14-26(19)27(29)25-13-6-12-24(17-25)23-11-5-10-22(16-23)21-9-4-8-20(15-21)18-28;1-7-5-3-4-6-8(7)2;1-4-5-6-7-8(2)3;1-7-5-3-2-4-6-7;2*1-2/h2-17,27H,18,28-29H2,1H3;3-6H,1-2H3;4-7H,2H2,1,3H3;2-6H,1H3;2*2H,1H2/b;;5-4-,7-6-;;;. The Morgan fingerprint density at radius 1 is 0.571 bits per heavy atom. The molecule has 0 radical (unpaired) electrons. The van der Waals surface area contributed by atoms with Gasteiger partial charge in [0.2, 0.25) is 0 Å². The second-order valence-electron chi connectivity index (χ2n) is 12.9. The van der Waals surface area contributed by atoms with Gasteiger partial charge < -0.3 is 22.3 Å². The van der Waals surface area contributed by atoms with Gasteiger partial charge in [-0.15, -0.1) is 0 Å². The highest BCUT2D eigenvalue weighted by atomic mass is 14.6. The van der Waals surface area contributed by atoms with Crippen LogP contribution in [-0.4, -0.2) is 13.4 Å². The van der Waals surface area contributed by atoms with E-state index >= 15 is 0 Å². The fourth-order valence-corrected chi connectivity index (χ4v) is 5.31. The molecule has 6 rings (SSSR count). The lowest BCUT2D eigenvalue weighted by Gasteiger charge is -2.16. The second kappa shape index (κ2) is 28.3. The smallest absolute Gasteiger partial charge is 0.0554 e. The molecule has 6 aromatic carbocycles. The molecule has 0 aliphatic rings. The molecule has 0 amide bonds.